The number of piperazine rings is 1. The first kappa shape index (κ1) is 19.9. The molecule has 0 unspecified atom stereocenters. The fourth-order valence-electron chi connectivity index (χ4n) is 3.54. The Labute approximate surface area is 152 Å². The Morgan fingerprint density at radius 2 is 2.04 bits per heavy atom. The molecule has 1 aromatic carbocycles. The van der Waals surface area contributed by atoms with Crippen molar-refractivity contribution in [3.8, 4) is 0 Å². The number of β-amino-alcohol motifs (C(OH)–C–C–N with tert-alkyl or cyclic N) is 1. The van der Waals surface area contributed by atoms with Crippen LogP contribution in [-0.2, 0) is 4.79 Å². The van der Waals surface area contributed by atoms with E-state index in [0.29, 0.717) is 31.6 Å². The molecule has 1 fully saturated rings. The number of benzene rings is 1. The maximum absolute atomic E-state index is 12.3. The molecular formula is C20H33N3O2. The van der Waals surface area contributed by atoms with Gasteiger partial charge in [-0.3, -0.25) is 14.6 Å². The Morgan fingerprint density at radius 3 is 2.64 bits per heavy atom. The summed E-state index contributed by atoms with van der Waals surface area (Å²) in [6, 6.07) is 10.7. The van der Waals surface area contributed by atoms with Gasteiger partial charge in [0.05, 0.1) is 12.6 Å². The van der Waals surface area contributed by atoms with Gasteiger partial charge in [-0.05, 0) is 25.8 Å². The lowest BCUT2D eigenvalue weighted by Crippen LogP contribution is -2.55. The fourth-order valence-corrected chi connectivity index (χ4v) is 3.54. The molecule has 1 aromatic rings. The summed E-state index contributed by atoms with van der Waals surface area (Å²) in [7, 11) is 0. The monoisotopic (exact) mass is 347 g/mol. The van der Waals surface area contributed by atoms with E-state index in [4.69, 9.17) is 0 Å². The van der Waals surface area contributed by atoms with Gasteiger partial charge in [0.25, 0.3) is 0 Å². The quantitative estimate of drug-likeness (QED) is 0.751. The minimum Gasteiger partial charge on any atom is -0.392 e. The van der Waals surface area contributed by atoms with Crippen molar-refractivity contribution < 1.29 is 9.90 Å². The molecule has 1 heterocycles. The minimum absolute atomic E-state index is 0.102. The summed E-state index contributed by atoms with van der Waals surface area (Å²) < 4.78 is 0. The zero-order valence-electron chi connectivity index (χ0n) is 15.8. The van der Waals surface area contributed by atoms with Crippen LogP contribution in [0.3, 0.4) is 0 Å². The van der Waals surface area contributed by atoms with Gasteiger partial charge in [0.1, 0.15) is 0 Å². The summed E-state index contributed by atoms with van der Waals surface area (Å²) in [5, 5.41) is 12.7. The third kappa shape index (κ3) is 6.42. The molecule has 25 heavy (non-hydrogen) atoms. The smallest absolute Gasteiger partial charge is 0.234 e. The third-order valence-corrected chi connectivity index (χ3v) is 5.02. The molecular weight excluding hydrogens is 314 g/mol. The van der Waals surface area contributed by atoms with Gasteiger partial charge in [-0.25, -0.2) is 0 Å². The van der Waals surface area contributed by atoms with E-state index in [1.807, 2.05) is 25.1 Å². The number of hydrogen-bond donors (Lipinski definition) is 2. The van der Waals surface area contributed by atoms with E-state index in [0.717, 1.165) is 26.1 Å². The van der Waals surface area contributed by atoms with Crippen molar-refractivity contribution in [3.05, 3.63) is 35.9 Å². The Kier molecular flexibility index (Phi) is 7.88. The zero-order valence-corrected chi connectivity index (χ0v) is 15.8. The van der Waals surface area contributed by atoms with Crippen LogP contribution in [-0.4, -0.2) is 72.2 Å². The van der Waals surface area contributed by atoms with Crippen LogP contribution in [0.15, 0.2) is 30.3 Å². The first-order valence-electron chi connectivity index (χ1n) is 9.45. The van der Waals surface area contributed by atoms with Crippen LogP contribution in [0.2, 0.25) is 0 Å². The molecule has 0 aliphatic carbocycles. The largest absolute Gasteiger partial charge is 0.392 e. The predicted octanol–water partition coefficient (Wildman–Crippen LogP) is 1.68. The van der Waals surface area contributed by atoms with Crippen molar-refractivity contribution >= 4 is 5.91 Å². The first-order valence-corrected chi connectivity index (χ1v) is 9.45. The first-order chi connectivity index (χ1) is 12.0. The normalized spacial score (nSPS) is 21.7. The maximum Gasteiger partial charge on any atom is 0.234 e. The van der Waals surface area contributed by atoms with E-state index < -0.39 is 0 Å². The van der Waals surface area contributed by atoms with Crippen molar-refractivity contribution in [3.63, 3.8) is 0 Å². The van der Waals surface area contributed by atoms with Gasteiger partial charge >= 0.3 is 0 Å². The Balaban J connectivity index is 1.75. The number of aliphatic hydroxyl groups excluding tert-OH is 1. The van der Waals surface area contributed by atoms with E-state index in [9.17, 15) is 9.90 Å². The molecule has 1 amide bonds. The number of amides is 1. The van der Waals surface area contributed by atoms with E-state index in [1.54, 1.807) is 0 Å². The molecule has 0 aromatic heterocycles. The number of carbonyl (C=O) groups excluding carboxylic acids is 1. The van der Waals surface area contributed by atoms with E-state index >= 15 is 0 Å². The molecule has 2 N–H and O–H groups in total. The van der Waals surface area contributed by atoms with Crippen LogP contribution in [0.5, 0.6) is 0 Å². The van der Waals surface area contributed by atoms with Gasteiger partial charge in [0.15, 0.2) is 0 Å². The lowest BCUT2D eigenvalue weighted by Gasteiger charge is -2.40. The highest BCUT2D eigenvalue weighted by atomic mass is 16.3. The molecule has 1 saturated heterocycles. The van der Waals surface area contributed by atoms with Crippen molar-refractivity contribution in [1.82, 2.24) is 15.1 Å². The van der Waals surface area contributed by atoms with E-state index in [2.05, 4.69) is 41.1 Å². The maximum atomic E-state index is 12.3. The number of aliphatic hydroxyl groups is 1. The number of nitrogens with one attached hydrogen (secondary N) is 1. The fraction of sp³-hybridized carbons (Fsp3) is 0.650. The van der Waals surface area contributed by atoms with Gasteiger partial charge in [-0.15, -0.1) is 0 Å². The van der Waals surface area contributed by atoms with Crippen molar-refractivity contribution in [2.75, 3.05) is 39.3 Å². The highest BCUT2D eigenvalue weighted by Crippen LogP contribution is 2.18. The van der Waals surface area contributed by atoms with Crippen LogP contribution in [0.1, 0.15) is 38.7 Å². The Morgan fingerprint density at radius 1 is 1.32 bits per heavy atom. The van der Waals surface area contributed by atoms with Gasteiger partial charge < -0.3 is 10.4 Å². The summed E-state index contributed by atoms with van der Waals surface area (Å²) in [4.78, 5) is 16.8. The predicted molar refractivity (Wildman–Crippen MR) is 102 cm³/mol. The highest BCUT2D eigenvalue weighted by molar-refractivity contribution is 5.78. The molecule has 3 atom stereocenters. The topological polar surface area (TPSA) is 55.8 Å². The molecule has 2 rings (SSSR count). The van der Waals surface area contributed by atoms with Gasteiger partial charge in [-0.2, -0.15) is 0 Å². The van der Waals surface area contributed by atoms with Gasteiger partial charge in [0.2, 0.25) is 5.91 Å². The molecule has 0 spiro atoms. The van der Waals surface area contributed by atoms with Crippen molar-refractivity contribution in [1.29, 1.82) is 0 Å². The Bertz CT molecular complexity index is 521. The molecule has 0 bridgehead atoms. The molecule has 5 nitrogen and oxygen atoms in total. The second-order valence-electron chi connectivity index (χ2n) is 7.25. The lowest BCUT2D eigenvalue weighted by atomic mass is 9.96. The summed E-state index contributed by atoms with van der Waals surface area (Å²) in [6.45, 7) is 10.6. The average Bonchev–Trinajstić information content (AvgIpc) is 2.58. The van der Waals surface area contributed by atoms with Crippen LogP contribution >= 0.6 is 0 Å². The van der Waals surface area contributed by atoms with Gasteiger partial charge in [0, 0.05) is 44.7 Å². The number of carbonyl (C=O) groups is 1. The second kappa shape index (κ2) is 9.90. The SMILES string of the molecule is CC[C@H](CNC(=O)CN1CCN(C[C@@H](C)O)[C@@H](C)C1)c1ccccc1. The molecule has 0 saturated carbocycles. The summed E-state index contributed by atoms with van der Waals surface area (Å²) in [6.07, 6.45) is 0.709. The number of nitrogens with zero attached hydrogens (tertiary/aromatic N) is 2. The van der Waals surface area contributed by atoms with Crippen LogP contribution in [0.25, 0.3) is 0 Å². The second-order valence-corrected chi connectivity index (χ2v) is 7.25. The number of rotatable bonds is 8. The van der Waals surface area contributed by atoms with Gasteiger partial charge in [-0.1, -0.05) is 37.3 Å². The Hall–Kier alpha value is -1.43. The summed E-state index contributed by atoms with van der Waals surface area (Å²) in [5.74, 6) is 0.470. The summed E-state index contributed by atoms with van der Waals surface area (Å²) in [5.41, 5.74) is 1.28. The molecule has 140 valence electrons. The standard InChI is InChI=1S/C20H33N3O2/c1-4-18(19-8-6-5-7-9-19)12-21-20(25)15-22-10-11-23(14-17(3)24)16(2)13-22/h5-9,16-18,24H,4,10-15H2,1-3H3,(H,21,25)/t16-,17+,18+/m0/s1. The third-order valence-electron chi connectivity index (χ3n) is 5.02. The van der Waals surface area contributed by atoms with Crippen molar-refractivity contribution in [2.24, 2.45) is 0 Å². The van der Waals surface area contributed by atoms with Crippen molar-refractivity contribution in [2.45, 2.75) is 45.3 Å². The molecule has 1 aliphatic heterocycles. The zero-order chi connectivity index (χ0) is 18.2. The highest BCUT2D eigenvalue weighted by Gasteiger charge is 2.25. The van der Waals surface area contributed by atoms with Crippen LogP contribution < -0.4 is 5.32 Å². The van der Waals surface area contributed by atoms with E-state index in [-0.39, 0.29) is 12.0 Å². The summed E-state index contributed by atoms with van der Waals surface area (Å²) >= 11 is 0. The molecule has 0 radical (unpaired) electrons. The average molecular weight is 348 g/mol. The number of hydrogen-bond acceptors (Lipinski definition) is 4. The minimum atomic E-state index is -0.304. The molecule has 1 aliphatic rings. The van der Waals surface area contributed by atoms with E-state index in [1.165, 1.54) is 5.56 Å². The van der Waals surface area contributed by atoms with Crippen LogP contribution in [0.4, 0.5) is 0 Å². The lowest BCUT2D eigenvalue weighted by molar-refractivity contribution is -0.123. The molecule has 5 heteroatoms. The van der Waals surface area contributed by atoms with Crippen LogP contribution in [0, 0.1) is 0 Å².